The Morgan fingerprint density at radius 3 is 1.89 bits per heavy atom. The fourth-order valence-corrected chi connectivity index (χ4v) is 5.33. The molecule has 0 N–H and O–H groups in total. The minimum atomic E-state index is -1.97. The summed E-state index contributed by atoms with van der Waals surface area (Å²) in [4.78, 5) is 0. The predicted octanol–water partition coefficient (Wildman–Crippen LogP) is 4.99. The fraction of sp³-hybridized carbons (Fsp3) is 0.478. The predicted molar refractivity (Wildman–Crippen MR) is 120 cm³/mol. The van der Waals surface area contributed by atoms with Crippen molar-refractivity contribution in [3.8, 4) is 0 Å². The number of rotatable bonds is 7. The van der Waals surface area contributed by atoms with Crippen LogP contribution in [0.15, 0.2) is 60.7 Å². The third-order valence-electron chi connectivity index (χ3n) is 6.16. The van der Waals surface area contributed by atoms with Crippen molar-refractivity contribution in [3.63, 3.8) is 0 Å². The van der Waals surface area contributed by atoms with Gasteiger partial charge in [-0.3, -0.25) is 0 Å². The van der Waals surface area contributed by atoms with Crippen LogP contribution in [0.1, 0.15) is 39.2 Å². The molecule has 1 aliphatic heterocycles. The first-order valence-electron chi connectivity index (χ1n) is 10.2. The van der Waals surface area contributed by atoms with E-state index in [4.69, 9.17) is 13.7 Å². The van der Waals surface area contributed by atoms with E-state index >= 15 is 0 Å². The van der Waals surface area contributed by atoms with Gasteiger partial charge in [0.2, 0.25) is 8.32 Å². The van der Waals surface area contributed by atoms with Crippen molar-refractivity contribution in [2.24, 2.45) is 0 Å². The number of hydrogen-bond donors (Lipinski definition) is 0. The third kappa shape index (κ3) is 4.77. The van der Waals surface area contributed by atoms with E-state index in [1.54, 1.807) is 0 Å². The molecule has 1 saturated heterocycles. The van der Waals surface area contributed by atoms with E-state index in [9.17, 15) is 0 Å². The van der Waals surface area contributed by atoms with Gasteiger partial charge < -0.3 is 13.7 Å². The average Bonchev–Trinajstić information content (AvgIpc) is 2.86. The standard InChI is InChI=1S/C23H33BO3Si/c1-22(2)23(3,4)27-24(26-22)17-20(19-13-9-7-10-14-19)18-25-28(5,6)21-15-11-8-12-16-21/h7-16,20H,17-18H2,1-6H3. The molecule has 1 heterocycles. The lowest BCUT2D eigenvalue weighted by atomic mass is 9.75. The van der Waals surface area contributed by atoms with E-state index in [1.165, 1.54) is 10.8 Å². The topological polar surface area (TPSA) is 27.7 Å². The van der Waals surface area contributed by atoms with E-state index in [1.807, 2.05) is 0 Å². The Morgan fingerprint density at radius 2 is 1.36 bits per heavy atom. The van der Waals surface area contributed by atoms with Crippen LogP contribution in [0.5, 0.6) is 0 Å². The molecule has 1 unspecified atom stereocenters. The van der Waals surface area contributed by atoms with Gasteiger partial charge in [-0.15, -0.1) is 0 Å². The Morgan fingerprint density at radius 1 is 0.857 bits per heavy atom. The Kier molecular flexibility index (Phi) is 6.20. The molecule has 3 nitrogen and oxygen atoms in total. The Balaban J connectivity index is 1.74. The van der Waals surface area contributed by atoms with E-state index in [-0.39, 0.29) is 24.2 Å². The second kappa shape index (κ2) is 8.15. The van der Waals surface area contributed by atoms with Crippen molar-refractivity contribution in [2.45, 2.75) is 64.2 Å². The van der Waals surface area contributed by atoms with Crippen LogP contribution in [0.4, 0.5) is 0 Å². The van der Waals surface area contributed by atoms with Crippen LogP contribution in [0, 0.1) is 0 Å². The maximum Gasteiger partial charge on any atom is 0.458 e. The molecule has 2 aromatic rings. The number of benzene rings is 2. The molecule has 0 radical (unpaired) electrons. The van der Waals surface area contributed by atoms with Gasteiger partial charge in [-0.05, 0) is 57.9 Å². The Bertz CT molecular complexity index is 746. The molecule has 3 rings (SSSR count). The molecule has 2 aromatic carbocycles. The monoisotopic (exact) mass is 396 g/mol. The van der Waals surface area contributed by atoms with Gasteiger partial charge in [0.1, 0.15) is 0 Å². The van der Waals surface area contributed by atoms with Crippen molar-refractivity contribution in [3.05, 3.63) is 66.2 Å². The quantitative estimate of drug-likeness (QED) is 0.617. The van der Waals surface area contributed by atoms with E-state index in [0.29, 0.717) is 6.61 Å². The summed E-state index contributed by atoms with van der Waals surface area (Å²) in [6.45, 7) is 13.6. The normalized spacial score (nSPS) is 19.6. The lowest BCUT2D eigenvalue weighted by Crippen LogP contribution is -2.45. The van der Waals surface area contributed by atoms with Crippen molar-refractivity contribution in [2.75, 3.05) is 6.61 Å². The Hall–Kier alpha value is -1.40. The van der Waals surface area contributed by atoms with Crippen LogP contribution in [-0.4, -0.2) is 33.2 Å². The van der Waals surface area contributed by atoms with E-state index < -0.39 is 8.32 Å². The highest BCUT2D eigenvalue weighted by Crippen LogP contribution is 2.39. The average molecular weight is 396 g/mol. The van der Waals surface area contributed by atoms with E-state index in [2.05, 4.69) is 101 Å². The zero-order valence-electron chi connectivity index (χ0n) is 18.1. The van der Waals surface area contributed by atoms with Gasteiger partial charge in [0, 0.05) is 12.5 Å². The summed E-state index contributed by atoms with van der Waals surface area (Å²) in [5.74, 6) is 0.228. The van der Waals surface area contributed by atoms with Crippen molar-refractivity contribution in [1.29, 1.82) is 0 Å². The maximum absolute atomic E-state index is 6.57. The van der Waals surface area contributed by atoms with Crippen LogP contribution < -0.4 is 5.19 Å². The van der Waals surface area contributed by atoms with Gasteiger partial charge in [0.25, 0.3) is 0 Å². The third-order valence-corrected chi connectivity index (χ3v) is 8.78. The zero-order chi connectivity index (χ0) is 20.4. The first-order valence-corrected chi connectivity index (χ1v) is 13.1. The summed E-state index contributed by atoms with van der Waals surface area (Å²) in [6.07, 6.45) is 0.788. The first-order chi connectivity index (χ1) is 13.1. The molecule has 0 spiro atoms. The van der Waals surface area contributed by atoms with Crippen LogP contribution in [0.2, 0.25) is 19.4 Å². The van der Waals surface area contributed by atoms with Gasteiger partial charge >= 0.3 is 7.12 Å². The minimum absolute atomic E-state index is 0.222. The van der Waals surface area contributed by atoms with Gasteiger partial charge in [0.15, 0.2) is 0 Å². The van der Waals surface area contributed by atoms with Crippen LogP contribution in [-0.2, 0) is 13.7 Å². The van der Waals surface area contributed by atoms with Gasteiger partial charge in [-0.2, -0.15) is 0 Å². The molecule has 5 heteroatoms. The first kappa shape index (κ1) is 21.3. The zero-order valence-corrected chi connectivity index (χ0v) is 19.1. The molecule has 1 atom stereocenters. The van der Waals surface area contributed by atoms with Crippen molar-refractivity contribution < 1.29 is 13.7 Å². The van der Waals surface area contributed by atoms with Gasteiger partial charge in [0.05, 0.1) is 11.2 Å². The minimum Gasteiger partial charge on any atom is -0.412 e. The molecule has 28 heavy (non-hydrogen) atoms. The Labute approximate surface area is 171 Å². The molecule has 0 aliphatic carbocycles. The molecular weight excluding hydrogens is 363 g/mol. The molecule has 0 saturated carbocycles. The van der Waals surface area contributed by atoms with Gasteiger partial charge in [-0.25, -0.2) is 0 Å². The SMILES string of the molecule is CC1(C)OB(CC(CO[Si](C)(C)c2ccccc2)c2ccccc2)OC1(C)C. The van der Waals surface area contributed by atoms with Crippen molar-refractivity contribution in [1.82, 2.24) is 0 Å². The van der Waals surface area contributed by atoms with Crippen LogP contribution >= 0.6 is 0 Å². The lowest BCUT2D eigenvalue weighted by Gasteiger charge is -2.32. The highest BCUT2D eigenvalue weighted by Gasteiger charge is 2.51. The second-order valence-electron chi connectivity index (χ2n) is 9.22. The summed E-state index contributed by atoms with van der Waals surface area (Å²) in [5.41, 5.74) is 0.658. The van der Waals surface area contributed by atoms with Gasteiger partial charge in [-0.1, -0.05) is 60.7 Å². The van der Waals surface area contributed by atoms with Crippen LogP contribution in [0.3, 0.4) is 0 Å². The van der Waals surface area contributed by atoms with E-state index in [0.717, 1.165) is 6.32 Å². The highest BCUT2D eigenvalue weighted by atomic mass is 28.4. The molecular formula is C23H33BO3Si. The largest absolute Gasteiger partial charge is 0.458 e. The smallest absolute Gasteiger partial charge is 0.412 e. The summed E-state index contributed by atoms with van der Waals surface area (Å²) in [5, 5.41) is 1.32. The molecule has 150 valence electrons. The fourth-order valence-electron chi connectivity index (χ4n) is 3.55. The summed E-state index contributed by atoms with van der Waals surface area (Å²) in [7, 11) is -2.19. The number of hydrogen-bond acceptors (Lipinski definition) is 3. The second-order valence-corrected chi connectivity index (χ2v) is 13.1. The molecule has 0 aromatic heterocycles. The van der Waals surface area contributed by atoms with Crippen molar-refractivity contribution >= 4 is 20.6 Å². The summed E-state index contributed by atoms with van der Waals surface area (Å²) < 4.78 is 19.1. The molecule has 0 bridgehead atoms. The highest BCUT2D eigenvalue weighted by molar-refractivity contribution is 6.84. The van der Waals surface area contributed by atoms with Crippen LogP contribution in [0.25, 0.3) is 0 Å². The summed E-state index contributed by atoms with van der Waals surface area (Å²) >= 11 is 0. The molecule has 0 amide bonds. The molecule has 1 fully saturated rings. The maximum atomic E-state index is 6.57. The lowest BCUT2D eigenvalue weighted by molar-refractivity contribution is 0.00578. The molecule has 1 aliphatic rings. The summed E-state index contributed by atoms with van der Waals surface area (Å²) in [6, 6.07) is 21.2.